The lowest BCUT2D eigenvalue weighted by Gasteiger charge is -2.29. The summed E-state index contributed by atoms with van der Waals surface area (Å²) in [7, 11) is 0. The van der Waals surface area contributed by atoms with Crippen LogP contribution >= 0.6 is 0 Å². The Morgan fingerprint density at radius 1 is 1.07 bits per heavy atom. The van der Waals surface area contributed by atoms with Crippen LogP contribution < -0.4 is 16.0 Å². The molecule has 0 bridgehead atoms. The predicted molar refractivity (Wildman–Crippen MR) is 104 cm³/mol. The molecule has 0 aliphatic carbocycles. The van der Waals surface area contributed by atoms with Gasteiger partial charge in [0.1, 0.15) is 6.04 Å². The van der Waals surface area contributed by atoms with Crippen molar-refractivity contribution in [3.63, 3.8) is 0 Å². The first-order valence-corrected chi connectivity index (χ1v) is 10.3. The van der Waals surface area contributed by atoms with Gasteiger partial charge in [0.2, 0.25) is 11.8 Å². The standard InChI is InChI=1S/C21H28N4O3/c26-19-8-7-18(20(27)24-19)25-13-15-6-5-14(11-17(15)21(25)28)12-23-16-3-1-9-22-10-2-4-16/h5-6,11,16,18,22-23H,1-4,7-10,12-13H2,(H,24,26,27). The summed E-state index contributed by atoms with van der Waals surface area (Å²) >= 11 is 0. The highest BCUT2D eigenvalue weighted by molar-refractivity contribution is 6.05. The molecule has 3 amide bonds. The van der Waals surface area contributed by atoms with Gasteiger partial charge in [-0.1, -0.05) is 12.1 Å². The van der Waals surface area contributed by atoms with Crippen LogP contribution in [0.5, 0.6) is 0 Å². The molecule has 1 aromatic rings. The minimum Gasteiger partial charge on any atom is -0.322 e. The molecule has 1 aromatic carbocycles. The first kappa shape index (κ1) is 19.1. The lowest BCUT2D eigenvalue weighted by molar-refractivity contribution is -0.136. The predicted octanol–water partition coefficient (Wildman–Crippen LogP) is 1.07. The normalized spacial score (nSPS) is 23.9. The van der Waals surface area contributed by atoms with Gasteiger partial charge in [-0.15, -0.1) is 0 Å². The molecule has 0 radical (unpaired) electrons. The number of nitrogens with one attached hydrogen (secondary N) is 3. The zero-order valence-electron chi connectivity index (χ0n) is 16.1. The summed E-state index contributed by atoms with van der Waals surface area (Å²) in [6.07, 6.45) is 5.38. The molecule has 3 aliphatic heterocycles. The Morgan fingerprint density at radius 2 is 1.86 bits per heavy atom. The van der Waals surface area contributed by atoms with Gasteiger partial charge in [-0.3, -0.25) is 19.7 Å². The summed E-state index contributed by atoms with van der Waals surface area (Å²) in [4.78, 5) is 38.0. The van der Waals surface area contributed by atoms with E-state index in [1.807, 2.05) is 12.1 Å². The van der Waals surface area contributed by atoms with Crippen LogP contribution in [0.4, 0.5) is 0 Å². The van der Waals surface area contributed by atoms with E-state index in [2.05, 4.69) is 22.0 Å². The SMILES string of the molecule is O=C1CCC(N2Cc3ccc(CNC4CCCNCCC4)cc3C2=O)C(=O)N1. The van der Waals surface area contributed by atoms with Gasteiger partial charge in [0.15, 0.2) is 0 Å². The molecular formula is C21H28N4O3. The molecule has 1 atom stereocenters. The van der Waals surface area contributed by atoms with E-state index in [1.165, 1.54) is 25.7 Å². The molecule has 1 unspecified atom stereocenters. The van der Waals surface area contributed by atoms with Crippen molar-refractivity contribution in [1.82, 2.24) is 20.9 Å². The van der Waals surface area contributed by atoms with Crippen LogP contribution in [0.3, 0.4) is 0 Å². The van der Waals surface area contributed by atoms with Gasteiger partial charge in [-0.25, -0.2) is 0 Å². The second-order valence-corrected chi connectivity index (χ2v) is 8.00. The molecule has 4 rings (SSSR count). The molecule has 7 nitrogen and oxygen atoms in total. The van der Waals surface area contributed by atoms with E-state index in [4.69, 9.17) is 0 Å². The fourth-order valence-corrected chi connectivity index (χ4v) is 4.39. The fourth-order valence-electron chi connectivity index (χ4n) is 4.39. The highest BCUT2D eigenvalue weighted by atomic mass is 16.2. The number of carbonyl (C=O) groups is 3. The summed E-state index contributed by atoms with van der Waals surface area (Å²) in [5.74, 6) is -0.731. The molecule has 0 spiro atoms. The van der Waals surface area contributed by atoms with Crippen LogP contribution in [0.2, 0.25) is 0 Å². The number of carbonyl (C=O) groups excluding carboxylic acids is 3. The maximum absolute atomic E-state index is 12.9. The molecule has 28 heavy (non-hydrogen) atoms. The smallest absolute Gasteiger partial charge is 0.255 e. The highest BCUT2D eigenvalue weighted by Crippen LogP contribution is 2.28. The third kappa shape index (κ3) is 4.10. The Labute approximate surface area is 165 Å². The average molecular weight is 384 g/mol. The number of hydrogen-bond donors (Lipinski definition) is 3. The van der Waals surface area contributed by atoms with Gasteiger partial charge in [0.05, 0.1) is 0 Å². The van der Waals surface area contributed by atoms with Crippen LogP contribution in [-0.2, 0) is 22.7 Å². The van der Waals surface area contributed by atoms with Crippen molar-refractivity contribution in [3.05, 3.63) is 34.9 Å². The van der Waals surface area contributed by atoms with Gasteiger partial charge in [-0.05, 0) is 62.4 Å². The molecule has 2 fully saturated rings. The van der Waals surface area contributed by atoms with Crippen molar-refractivity contribution in [1.29, 1.82) is 0 Å². The maximum atomic E-state index is 12.9. The quantitative estimate of drug-likeness (QED) is 0.676. The van der Waals surface area contributed by atoms with E-state index in [0.717, 1.165) is 30.8 Å². The monoisotopic (exact) mass is 384 g/mol. The number of amides is 3. The van der Waals surface area contributed by atoms with Gasteiger partial charge in [-0.2, -0.15) is 0 Å². The van der Waals surface area contributed by atoms with Crippen LogP contribution in [0.15, 0.2) is 18.2 Å². The topological polar surface area (TPSA) is 90.5 Å². The zero-order chi connectivity index (χ0) is 19.5. The van der Waals surface area contributed by atoms with Gasteiger partial charge in [0.25, 0.3) is 5.91 Å². The van der Waals surface area contributed by atoms with Crippen molar-refractivity contribution in [2.24, 2.45) is 0 Å². The average Bonchev–Trinajstić information content (AvgIpc) is 2.97. The number of imide groups is 1. The third-order valence-electron chi connectivity index (χ3n) is 6.00. The molecule has 2 saturated heterocycles. The summed E-state index contributed by atoms with van der Waals surface area (Å²) in [6, 6.07) is 5.99. The Hall–Kier alpha value is -2.25. The van der Waals surface area contributed by atoms with E-state index < -0.39 is 6.04 Å². The first-order valence-electron chi connectivity index (χ1n) is 10.3. The second kappa shape index (κ2) is 8.41. The number of nitrogens with zero attached hydrogens (tertiary/aromatic N) is 1. The molecule has 150 valence electrons. The lowest BCUT2D eigenvalue weighted by Crippen LogP contribution is -2.52. The van der Waals surface area contributed by atoms with E-state index in [0.29, 0.717) is 24.6 Å². The number of rotatable bonds is 4. The Kier molecular flexibility index (Phi) is 5.73. The summed E-state index contributed by atoms with van der Waals surface area (Å²) in [6.45, 7) is 3.35. The molecule has 0 saturated carbocycles. The van der Waals surface area contributed by atoms with Crippen LogP contribution in [0.25, 0.3) is 0 Å². The van der Waals surface area contributed by atoms with E-state index in [1.54, 1.807) is 4.90 Å². The minimum atomic E-state index is -0.553. The summed E-state index contributed by atoms with van der Waals surface area (Å²) in [5.41, 5.74) is 2.73. The van der Waals surface area contributed by atoms with Crippen molar-refractivity contribution in [3.8, 4) is 0 Å². The van der Waals surface area contributed by atoms with Crippen molar-refractivity contribution >= 4 is 17.7 Å². The summed E-state index contributed by atoms with van der Waals surface area (Å²) in [5, 5.41) is 9.42. The van der Waals surface area contributed by atoms with Crippen LogP contribution in [-0.4, -0.2) is 47.8 Å². The molecule has 7 heteroatoms. The number of piperidine rings is 1. The molecule has 3 aliphatic rings. The van der Waals surface area contributed by atoms with Crippen molar-refractivity contribution in [2.45, 2.75) is 63.7 Å². The molecular weight excluding hydrogens is 356 g/mol. The molecule has 0 aromatic heterocycles. The van der Waals surface area contributed by atoms with Crippen LogP contribution in [0, 0.1) is 0 Å². The van der Waals surface area contributed by atoms with E-state index in [9.17, 15) is 14.4 Å². The largest absolute Gasteiger partial charge is 0.322 e. The Balaban J connectivity index is 1.40. The van der Waals surface area contributed by atoms with Gasteiger partial charge >= 0.3 is 0 Å². The zero-order valence-corrected chi connectivity index (χ0v) is 16.1. The maximum Gasteiger partial charge on any atom is 0.255 e. The van der Waals surface area contributed by atoms with E-state index in [-0.39, 0.29) is 24.1 Å². The molecule has 3 N–H and O–H groups in total. The third-order valence-corrected chi connectivity index (χ3v) is 6.00. The van der Waals surface area contributed by atoms with Gasteiger partial charge < -0.3 is 15.5 Å². The molecule has 3 heterocycles. The first-order chi connectivity index (χ1) is 13.6. The Morgan fingerprint density at radius 3 is 2.61 bits per heavy atom. The fraction of sp³-hybridized carbons (Fsp3) is 0.571. The Bertz CT molecular complexity index is 771. The van der Waals surface area contributed by atoms with Crippen molar-refractivity contribution < 1.29 is 14.4 Å². The van der Waals surface area contributed by atoms with Crippen molar-refractivity contribution in [2.75, 3.05) is 13.1 Å². The van der Waals surface area contributed by atoms with Gasteiger partial charge in [0, 0.05) is 31.1 Å². The van der Waals surface area contributed by atoms with Crippen LogP contribution in [0.1, 0.15) is 60.0 Å². The number of benzene rings is 1. The minimum absolute atomic E-state index is 0.108. The number of fused-ring (bicyclic) bond motifs is 1. The second-order valence-electron chi connectivity index (χ2n) is 8.00. The lowest BCUT2D eigenvalue weighted by atomic mass is 10.0. The number of hydrogen-bond acceptors (Lipinski definition) is 5. The van der Waals surface area contributed by atoms with E-state index >= 15 is 0 Å². The highest BCUT2D eigenvalue weighted by Gasteiger charge is 2.39. The summed E-state index contributed by atoms with van der Waals surface area (Å²) < 4.78 is 0.